The van der Waals surface area contributed by atoms with Crippen LogP contribution in [-0.4, -0.2) is 33.0 Å². The molecular weight excluding hydrogens is 392 g/mol. The summed E-state index contributed by atoms with van der Waals surface area (Å²) < 4.78 is 0. The highest BCUT2D eigenvalue weighted by Crippen LogP contribution is 2.48. The summed E-state index contributed by atoms with van der Waals surface area (Å²) in [5, 5.41) is 7.78. The van der Waals surface area contributed by atoms with E-state index >= 15 is 0 Å². The topological polar surface area (TPSA) is 115 Å². The average Bonchev–Trinajstić information content (AvgIpc) is 3.30. The van der Waals surface area contributed by atoms with Crippen LogP contribution in [0, 0.1) is 5.92 Å². The van der Waals surface area contributed by atoms with E-state index in [1.54, 1.807) is 24.7 Å². The summed E-state index contributed by atoms with van der Waals surface area (Å²) >= 11 is 0. The standard InChI is InChI=1S/C23H18N6O2/c30-22(15-10-14(15)12-4-2-1-3-5-12)27-13-8-16-19-17(11-26-29-23(16)31)20(28-18(19)9-13)21-24-6-7-25-21/h1-9,11,14-15,28H,10H2,(H,24,25)(H,27,30)(H,29,31)/t14-,15?/m0/s1. The van der Waals surface area contributed by atoms with Crippen LogP contribution < -0.4 is 10.7 Å². The minimum absolute atomic E-state index is 0.0382. The lowest BCUT2D eigenvalue weighted by Crippen LogP contribution is -2.18. The van der Waals surface area contributed by atoms with Crippen molar-refractivity contribution in [1.82, 2.24) is 20.4 Å². The zero-order valence-corrected chi connectivity index (χ0v) is 16.3. The molecule has 4 N–H and O–H groups in total. The molecule has 4 aromatic rings. The molecule has 1 unspecified atom stereocenters. The molecular formula is C23H18N6O2. The number of aromatic amines is 2. The van der Waals surface area contributed by atoms with E-state index in [0.717, 1.165) is 28.6 Å². The lowest BCUT2D eigenvalue weighted by Gasteiger charge is -2.08. The second kappa shape index (κ2) is 6.66. The van der Waals surface area contributed by atoms with Crippen LogP contribution in [0.3, 0.4) is 0 Å². The van der Waals surface area contributed by atoms with Crippen molar-refractivity contribution in [2.75, 3.05) is 5.32 Å². The van der Waals surface area contributed by atoms with Crippen molar-refractivity contribution in [3.05, 3.63) is 71.5 Å². The third-order valence-electron chi connectivity index (χ3n) is 5.90. The van der Waals surface area contributed by atoms with Crippen molar-refractivity contribution in [2.24, 2.45) is 11.0 Å². The van der Waals surface area contributed by atoms with Gasteiger partial charge in [0, 0.05) is 40.5 Å². The first-order valence-electron chi connectivity index (χ1n) is 10.1. The van der Waals surface area contributed by atoms with Gasteiger partial charge in [-0.15, -0.1) is 0 Å². The van der Waals surface area contributed by atoms with E-state index in [0.29, 0.717) is 17.1 Å². The maximum absolute atomic E-state index is 12.9. The molecule has 152 valence electrons. The average molecular weight is 410 g/mol. The van der Waals surface area contributed by atoms with Crippen LogP contribution in [0.15, 0.2) is 60.0 Å². The van der Waals surface area contributed by atoms with E-state index in [9.17, 15) is 9.59 Å². The number of amides is 2. The number of nitrogens with zero attached hydrogens (tertiary/aromatic N) is 2. The minimum Gasteiger partial charge on any atom is -0.351 e. The SMILES string of the molecule is O=C1NN=Cc2c(-c3ncc[nH]3)[nH]c3cc(NC(=O)C4C[C@H]4c4ccccc4)cc1c23. The molecule has 0 radical (unpaired) electrons. The van der Waals surface area contributed by atoms with E-state index in [1.807, 2.05) is 24.3 Å². The molecule has 1 aliphatic carbocycles. The van der Waals surface area contributed by atoms with Crippen LogP contribution in [0.5, 0.6) is 0 Å². The van der Waals surface area contributed by atoms with Gasteiger partial charge in [0.1, 0.15) is 0 Å². The number of carbonyl (C=O) groups is 2. The van der Waals surface area contributed by atoms with E-state index in [1.165, 1.54) is 5.56 Å². The van der Waals surface area contributed by atoms with Crippen molar-refractivity contribution in [3.8, 4) is 11.5 Å². The third-order valence-corrected chi connectivity index (χ3v) is 5.90. The number of benzene rings is 2. The van der Waals surface area contributed by atoms with Gasteiger partial charge >= 0.3 is 0 Å². The molecule has 6 rings (SSSR count). The second-order valence-electron chi connectivity index (χ2n) is 7.85. The second-order valence-corrected chi connectivity index (χ2v) is 7.85. The van der Waals surface area contributed by atoms with Crippen molar-refractivity contribution in [2.45, 2.75) is 12.3 Å². The quantitative estimate of drug-likeness (QED) is 0.413. The van der Waals surface area contributed by atoms with Crippen molar-refractivity contribution in [1.29, 1.82) is 0 Å². The lowest BCUT2D eigenvalue weighted by molar-refractivity contribution is -0.117. The maximum atomic E-state index is 12.9. The molecule has 0 spiro atoms. The van der Waals surface area contributed by atoms with E-state index in [4.69, 9.17) is 0 Å². The van der Waals surface area contributed by atoms with Gasteiger partial charge in [0.05, 0.1) is 17.5 Å². The molecule has 1 aliphatic heterocycles. The molecule has 31 heavy (non-hydrogen) atoms. The van der Waals surface area contributed by atoms with Crippen LogP contribution >= 0.6 is 0 Å². The normalized spacial score (nSPS) is 19.2. The summed E-state index contributed by atoms with van der Waals surface area (Å²) in [6, 6.07) is 13.6. The van der Waals surface area contributed by atoms with Crippen LogP contribution in [0.25, 0.3) is 22.4 Å². The zero-order chi connectivity index (χ0) is 20.9. The first-order chi connectivity index (χ1) is 15.2. The molecule has 3 heterocycles. The predicted octanol–water partition coefficient (Wildman–Crippen LogP) is 3.38. The number of nitrogens with one attached hydrogen (secondary N) is 4. The number of hydrogen-bond acceptors (Lipinski definition) is 4. The zero-order valence-electron chi connectivity index (χ0n) is 16.3. The Balaban J connectivity index is 1.36. The Bertz CT molecular complexity index is 1350. The predicted molar refractivity (Wildman–Crippen MR) is 117 cm³/mol. The number of H-pyrrole nitrogens is 2. The smallest absolute Gasteiger partial charge is 0.272 e. The Hall–Kier alpha value is -4.20. The van der Waals surface area contributed by atoms with Gasteiger partial charge in [0.15, 0.2) is 5.82 Å². The molecule has 2 aliphatic rings. The molecule has 8 heteroatoms. The van der Waals surface area contributed by atoms with Gasteiger partial charge in [0.25, 0.3) is 5.91 Å². The highest BCUT2D eigenvalue weighted by Gasteiger charge is 2.43. The van der Waals surface area contributed by atoms with E-state index in [2.05, 4.69) is 42.9 Å². The fourth-order valence-corrected chi connectivity index (χ4v) is 4.33. The highest BCUT2D eigenvalue weighted by atomic mass is 16.2. The van der Waals surface area contributed by atoms with Gasteiger partial charge in [-0.1, -0.05) is 30.3 Å². The number of hydrazone groups is 1. The van der Waals surface area contributed by atoms with E-state index in [-0.39, 0.29) is 23.7 Å². The maximum Gasteiger partial charge on any atom is 0.272 e. The van der Waals surface area contributed by atoms with Gasteiger partial charge in [0.2, 0.25) is 5.91 Å². The molecule has 1 saturated carbocycles. The molecule has 8 nitrogen and oxygen atoms in total. The number of hydrogen-bond donors (Lipinski definition) is 4. The summed E-state index contributed by atoms with van der Waals surface area (Å²) in [7, 11) is 0. The monoisotopic (exact) mass is 410 g/mol. The first kappa shape index (κ1) is 17.6. The van der Waals surface area contributed by atoms with Gasteiger partial charge in [-0.2, -0.15) is 5.10 Å². The van der Waals surface area contributed by atoms with Gasteiger partial charge in [-0.05, 0) is 30.0 Å². The molecule has 2 amide bonds. The van der Waals surface area contributed by atoms with Crippen LogP contribution in [0.1, 0.15) is 33.8 Å². The van der Waals surface area contributed by atoms with Crippen molar-refractivity contribution in [3.63, 3.8) is 0 Å². The molecule has 1 fully saturated rings. The largest absolute Gasteiger partial charge is 0.351 e. The van der Waals surface area contributed by atoms with E-state index < -0.39 is 0 Å². The van der Waals surface area contributed by atoms with Crippen LogP contribution in [-0.2, 0) is 4.79 Å². The molecule has 2 aromatic carbocycles. The first-order valence-corrected chi connectivity index (χ1v) is 10.1. The number of rotatable bonds is 4. The number of imidazole rings is 1. The van der Waals surface area contributed by atoms with Crippen LogP contribution in [0.4, 0.5) is 5.69 Å². The summed E-state index contributed by atoms with van der Waals surface area (Å²) in [6.07, 6.45) is 5.83. The summed E-state index contributed by atoms with van der Waals surface area (Å²) in [5.41, 5.74) is 6.96. The minimum atomic E-state index is -0.324. The fourth-order valence-electron chi connectivity index (χ4n) is 4.33. The van der Waals surface area contributed by atoms with Gasteiger partial charge in [-0.3, -0.25) is 9.59 Å². The Labute approximate surface area is 176 Å². The Morgan fingerprint density at radius 2 is 2.03 bits per heavy atom. The van der Waals surface area contributed by atoms with Crippen molar-refractivity contribution >= 4 is 34.6 Å². The lowest BCUT2D eigenvalue weighted by atomic mass is 10.0. The molecule has 0 saturated heterocycles. The summed E-state index contributed by atoms with van der Waals surface area (Å²) in [5.74, 6) is 0.462. The molecule has 2 aromatic heterocycles. The fraction of sp³-hybridized carbons (Fsp3) is 0.130. The van der Waals surface area contributed by atoms with Crippen molar-refractivity contribution < 1.29 is 9.59 Å². The number of anilines is 1. The van der Waals surface area contributed by atoms with Gasteiger partial charge < -0.3 is 15.3 Å². The number of aromatic nitrogens is 3. The van der Waals surface area contributed by atoms with Gasteiger partial charge in [-0.25, -0.2) is 10.4 Å². The molecule has 2 atom stereocenters. The molecule has 0 bridgehead atoms. The Morgan fingerprint density at radius 3 is 2.84 bits per heavy atom. The Morgan fingerprint density at radius 1 is 1.16 bits per heavy atom. The van der Waals surface area contributed by atoms with Crippen LogP contribution in [0.2, 0.25) is 0 Å². The number of carbonyl (C=O) groups excluding carboxylic acids is 2. The summed E-state index contributed by atoms with van der Waals surface area (Å²) in [6.45, 7) is 0. The summed E-state index contributed by atoms with van der Waals surface area (Å²) in [4.78, 5) is 36.2. The third kappa shape index (κ3) is 2.92. The Kier molecular flexibility index (Phi) is 3.79. The highest BCUT2D eigenvalue weighted by molar-refractivity contribution is 6.18.